The molecule has 1 aromatic carbocycles. The van der Waals surface area contributed by atoms with Gasteiger partial charge in [-0.2, -0.15) is 4.31 Å². The number of ether oxygens (including phenoxy) is 1. The van der Waals surface area contributed by atoms with Crippen molar-refractivity contribution in [3.63, 3.8) is 0 Å². The Bertz CT molecular complexity index is 1170. The van der Waals surface area contributed by atoms with Gasteiger partial charge in [0.1, 0.15) is 10.6 Å². The number of carbonyl (C=O) groups is 1. The van der Waals surface area contributed by atoms with Crippen molar-refractivity contribution in [3.05, 3.63) is 48.0 Å². The monoisotopic (exact) mass is 490 g/mol. The lowest BCUT2D eigenvalue weighted by atomic mass is 10.2. The van der Waals surface area contributed by atoms with Crippen LogP contribution in [0.4, 0.5) is 5.13 Å². The number of rotatable bonds is 8. The van der Waals surface area contributed by atoms with Gasteiger partial charge in [0, 0.05) is 30.2 Å². The van der Waals surface area contributed by atoms with Crippen molar-refractivity contribution < 1.29 is 17.9 Å². The lowest BCUT2D eigenvalue weighted by Crippen LogP contribution is -2.27. The molecule has 3 heterocycles. The van der Waals surface area contributed by atoms with E-state index in [1.807, 2.05) is 29.6 Å². The normalized spacial score (nSPS) is 14.4. The summed E-state index contributed by atoms with van der Waals surface area (Å²) >= 11 is 2.59. The summed E-state index contributed by atoms with van der Waals surface area (Å²) in [5, 5.41) is 5.77. The molecule has 0 bridgehead atoms. The number of thiazole rings is 1. The molecule has 0 aliphatic carbocycles. The molecule has 1 aliphatic rings. The molecular weight excluding hydrogens is 468 g/mol. The highest BCUT2D eigenvalue weighted by molar-refractivity contribution is 7.99. The van der Waals surface area contributed by atoms with E-state index in [0.29, 0.717) is 23.2 Å². The molecule has 3 aromatic rings. The van der Waals surface area contributed by atoms with Crippen molar-refractivity contribution >= 4 is 44.2 Å². The maximum atomic E-state index is 12.6. The summed E-state index contributed by atoms with van der Waals surface area (Å²) in [5.41, 5.74) is 1.71. The van der Waals surface area contributed by atoms with Crippen LogP contribution in [-0.4, -0.2) is 54.6 Å². The van der Waals surface area contributed by atoms with Gasteiger partial charge in [-0.05, 0) is 49.2 Å². The van der Waals surface area contributed by atoms with Crippen LogP contribution >= 0.6 is 23.1 Å². The predicted octanol–water partition coefficient (Wildman–Crippen LogP) is 3.73. The average Bonchev–Trinajstić information content (AvgIpc) is 3.51. The number of thioether (sulfide) groups is 1. The zero-order valence-corrected chi connectivity index (χ0v) is 19.8. The van der Waals surface area contributed by atoms with Crippen LogP contribution in [0.1, 0.15) is 12.8 Å². The second-order valence-electron chi connectivity index (χ2n) is 7.05. The molecule has 0 unspecified atom stereocenters. The SMILES string of the molecule is COc1ccc(-c2csc(NC(=O)CSc3ccc(S(=O)(=O)N4CCCC4)cn3)n2)cc1. The summed E-state index contributed by atoms with van der Waals surface area (Å²) in [6, 6.07) is 10.7. The number of hydrogen-bond acceptors (Lipinski definition) is 8. The quantitative estimate of drug-likeness (QED) is 0.480. The van der Waals surface area contributed by atoms with Crippen LogP contribution < -0.4 is 10.1 Å². The largest absolute Gasteiger partial charge is 0.497 e. The molecule has 168 valence electrons. The Balaban J connectivity index is 1.31. The van der Waals surface area contributed by atoms with E-state index in [1.165, 1.54) is 33.6 Å². The van der Waals surface area contributed by atoms with Crippen LogP contribution in [-0.2, 0) is 14.8 Å². The Morgan fingerprint density at radius 2 is 1.94 bits per heavy atom. The summed E-state index contributed by atoms with van der Waals surface area (Å²) < 4.78 is 31.8. The first-order valence-electron chi connectivity index (χ1n) is 9.94. The Morgan fingerprint density at radius 1 is 1.19 bits per heavy atom. The number of nitrogens with zero attached hydrogens (tertiary/aromatic N) is 3. The van der Waals surface area contributed by atoms with Crippen molar-refractivity contribution in [1.29, 1.82) is 0 Å². The minimum absolute atomic E-state index is 0.142. The molecule has 1 N–H and O–H groups in total. The lowest BCUT2D eigenvalue weighted by molar-refractivity contribution is -0.113. The molecule has 0 spiro atoms. The first kappa shape index (κ1) is 22.7. The third-order valence-electron chi connectivity index (χ3n) is 4.90. The van der Waals surface area contributed by atoms with Gasteiger partial charge in [0.25, 0.3) is 0 Å². The van der Waals surface area contributed by atoms with E-state index in [0.717, 1.165) is 29.8 Å². The van der Waals surface area contributed by atoms with Crippen LogP contribution in [0.2, 0.25) is 0 Å². The molecular formula is C21H22N4O4S3. The van der Waals surface area contributed by atoms with Gasteiger partial charge >= 0.3 is 0 Å². The molecule has 1 fully saturated rings. The standard InChI is InChI=1S/C21H22N4O4S3/c1-29-16-6-4-15(5-7-16)18-13-31-21(23-18)24-19(26)14-30-20-9-8-17(12-22-20)32(27,28)25-10-2-3-11-25/h4-9,12-13H,2-3,10-11,14H2,1H3,(H,23,24,26). The molecule has 0 radical (unpaired) electrons. The van der Waals surface area contributed by atoms with Crippen molar-refractivity contribution in [2.24, 2.45) is 0 Å². The van der Waals surface area contributed by atoms with E-state index in [4.69, 9.17) is 4.74 Å². The fourth-order valence-corrected chi connectivity index (χ4v) is 6.04. The second-order valence-corrected chi connectivity index (χ2v) is 10.8. The number of benzene rings is 1. The number of sulfonamides is 1. The molecule has 2 aromatic heterocycles. The highest BCUT2D eigenvalue weighted by Gasteiger charge is 2.27. The minimum Gasteiger partial charge on any atom is -0.497 e. The number of aromatic nitrogens is 2. The zero-order valence-electron chi connectivity index (χ0n) is 17.4. The summed E-state index contributed by atoms with van der Waals surface area (Å²) in [4.78, 5) is 21.1. The van der Waals surface area contributed by atoms with Gasteiger partial charge in [-0.3, -0.25) is 4.79 Å². The van der Waals surface area contributed by atoms with E-state index < -0.39 is 10.0 Å². The van der Waals surface area contributed by atoms with E-state index in [1.54, 1.807) is 19.2 Å². The predicted molar refractivity (Wildman–Crippen MR) is 126 cm³/mol. The van der Waals surface area contributed by atoms with Gasteiger partial charge in [0.15, 0.2) is 5.13 Å². The summed E-state index contributed by atoms with van der Waals surface area (Å²) in [5.74, 6) is 0.703. The number of methoxy groups -OCH3 is 1. The highest BCUT2D eigenvalue weighted by atomic mass is 32.2. The van der Waals surface area contributed by atoms with Crippen molar-refractivity contribution in [1.82, 2.24) is 14.3 Å². The summed E-state index contributed by atoms with van der Waals surface area (Å²) in [6.07, 6.45) is 3.13. The van der Waals surface area contributed by atoms with E-state index >= 15 is 0 Å². The van der Waals surface area contributed by atoms with Gasteiger partial charge in [-0.25, -0.2) is 18.4 Å². The van der Waals surface area contributed by atoms with Gasteiger partial charge in [0.05, 0.1) is 23.6 Å². The molecule has 4 rings (SSSR count). The molecule has 8 nitrogen and oxygen atoms in total. The Labute approximate surface area is 195 Å². The average molecular weight is 491 g/mol. The van der Waals surface area contributed by atoms with Gasteiger partial charge in [-0.1, -0.05) is 11.8 Å². The molecule has 32 heavy (non-hydrogen) atoms. The van der Waals surface area contributed by atoms with E-state index in [2.05, 4.69) is 15.3 Å². The fourth-order valence-electron chi connectivity index (χ4n) is 3.20. The number of carbonyl (C=O) groups excluding carboxylic acids is 1. The smallest absolute Gasteiger partial charge is 0.244 e. The molecule has 0 saturated carbocycles. The molecule has 1 amide bonds. The van der Waals surface area contributed by atoms with Crippen molar-refractivity contribution in [3.8, 4) is 17.0 Å². The number of hydrogen-bond donors (Lipinski definition) is 1. The maximum absolute atomic E-state index is 12.6. The zero-order chi connectivity index (χ0) is 22.6. The molecule has 1 aliphatic heterocycles. The number of amides is 1. The highest BCUT2D eigenvalue weighted by Crippen LogP contribution is 2.27. The van der Waals surface area contributed by atoms with Crippen LogP contribution in [0.25, 0.3) is 11.3 Å². The summed E-state index contributed by atoms with van der Waals surface area (Å²) in [6.45, 7) is 1.10. The molecule has 1 saturated heterocycles. The Kier molecular flexibility index (Phi) is 7.09. The van der Waals surface area contributed by atoms with Crippen LogP contribution in [0.3, 0.4) is 0 Å². The fraction of sp³-hybridized carbons (Fsp3) is 0.286. The first-order chi connectivity index (χ1) is 15.5. The lowest BCUT2D eigenvalue weighted by Gasteiger charge is -2.15. The van der Waals surface area contributed by atoms with Gasteiger partial charge in [-0.15, -0.1) is 11.3 Å². The van der Waals surface area contributed by atoms with Crippen LogP contribution in [0.15, 0.2) is 57.9 Å². The number of nitrogens with one attached hydrogen (secondary N) is 1. The summed E-state index contributed by atoms with van der Waals surface area (Å²) in [7, 11) is -1.87. The topological polar surface area (TPSA) is 101 Å². The minimum atomic E-state index is -3.48. The Morgan fingerprint density at radius 3 is 2.59 bits per heavy atom. The first-order valence-corrected chi connectivity index (χ1v) is 13.2. The molecule has 0 atom stereocenters. The third-order valence-corrected chi connectivity index (χ3v) is 8.48. The van der Waals surface area contributed by atoms with E-state index in [-0.39, 0.29) is 16.6 Å². The van der Waals surface area contributed by atoms with Gasteiger partial charge < -0.3 is 10.1 Å². The number of anilines is 1. The van der Waals surface area contributed by atoms with Crippen LogP contribution in [0, 0.1) is 0 Å². The number of pyridine rings is 1. The second kappa shape index (κ2) is 9.99. The van der Waals surface area contributed by atoms with E-state index in [9.17, 15) is 13.2 Å². The van der Waals surface area contributed by atoms with Crippen molar-refractivity contribution in [2.45, 2.75) is 22.8 Å². The maximum Gasteiger partial charge on any atom is 0.244 e. The van der Waals surface area contributed by atoms with Crippen LogP contribution in [0.5, 0.6) is 5.75 Å². The third kappa shape index (κ3) is 5.29. The van der Waals surface area contributed by atoms with Gasteiger partial charge in [0.2, 0.25) is 15.9 Å². The molecule has 11 heteroatoms. The Hall–Kier alpha value is -2.47. The van der Waals surface area contributed by atoms with Crippen molar-refractivity contribution in [2.75, 3.05) is 31.3 Å².